The van der Waals surface area contributed by atoms with Gasteiger partial charge in [-0.15, -0.1) is 0 Å². The number of carbonyl (C=O) groups is 1. The van der Waals surface area contributed by atoms with Crippen LogP contribution in [0, 0.1) is 6.92 Å². The molecule has 144 valence electrons. The maximum atomic E-state index is 12.5. The van der Waals surface area contributed by atoms with Crippen molar-refractivity contribution >= 4 is 11.6 Å². The summed E-state index contributed by atoms with van der Waals surface area (Å²) in [7, 11) is 1.58. The summed E-state index contributed by atoms with van der Waals surface area (Å²) in [5.74, 6) is 1.91. The van der Waals surface area contributed by atoms with Gasteiger partial charge in [0.2, 0.25) is 0 Å². The molecule has 0 spiro atoms. The van der Waals surface area contributed by atoms with Gasteiger partial charge in [-0.3, -0.25) is 4.79 Å². The van der Waals surface area contributed by atoms with E-state index in [4.69, 9.17) is 14.2 Å². The van der Waals surface area contributed by atoms with Crippen molar-refractivity contribution in [1.82, 2.24) is 0 Å². The van der Waals surface area contributed by atoms with Crippen LogP contribution in [0.15, 0.2) is 72.8 Å². The second-order valence-corrected chi connectivity index (χ2v) is 6.19. The monoisotopic (exact) mass is 377 g/mol. The second kappa shape index (κ2) is 9.46. The lowest BCUT2D eigenvalue weighted by molar-refractivity contribution is 0.102. The third-order valence-electron chi connectivity index (χ3n) is 4.08. The van der Waals surface area contributed by atoms with E-state index in [1.807, 2.05) is 55.5 Å². The van der Waals surface area contributed by atoms with Gasteiger partial charge in [0.1, 0.15) is 30.5 Å². The summed E-state index contributed by atoms with van der Waals surface area (Å²) in [6.45, 7) is 2.82. The summed E-state index contributed by atoms with van der Waals surface area (Å²) in [6.07, 6.45) is 0. The van der Waals surface area contributed by atoms with Crippen LogP contribution in [0.25, 0.3) is 0 Å². The topological polar surface area (TPSA) is 56.8 Å². The Balaban J connectivity index is 1.52. The first-order valence-corrected chi connectivity index (χ1v) is 9.02. The molecule has 3 aromatic carbocycles. The predicted molar refractivity (Wildman–Crippen MR) is 110 cm³/mol. The summed E-state index contributed by atoms with van der Waals surface area (Å²) in [5.41, 5.74) is 2.22. The van der Waals surface area contributed by atoms with Crippen LogP contribution in [-0.2, 0) is 0 Å². The fraction of sp³-hybridized carbons (Fsp3) is 0.174. The van der Waals surface area contributed by atoms with E-state index in [1.165, 1.54) is 0 Å². The van der Waals surface area contributed by atoms with Crippen LogP contribution < -0.4 is 19.5 Å². The van der Waals surface area contributed by atoms with E-state index in [0.717, 1.165) is 11.3 Å². The number of anilines is 1. The van der Waals surface area contributed by atoms with Crippen molar-refractivity contribution in [2.24, 2.45) is 0 Å². The predicted octanol–water partition coefficient (Wildman–Crippen LogP) is 4.71. The number of para-hydroxylation sites is 1. The standard InChI is InChI=1S/C23H23NO4/c1-17-8-13-22(26-2)21(16-17)24-23(25)18-9-11-20(12-10-18)28-15-14-27-19-6-4-3-5-7-19/h3-13,16H,14-15H2,1-2H3,(H,24,25). The number of methoxy groups -OCH3 is 1. The highest BCUT2D eigenvalue weighted by atomic mass is 16.5. The van der Waals surface area contributed by atoms with E-state index < -0.39 is 0 Å². The molecule has 0 atom stereocenters. The van der Waals surface area contributed by atoms with Gasteiger partial charge in [-0.1, -0.05) is 24.3 Å². The van der Waals surface area contributed by atoms with Crippen molar-refractivity contribution < 1.29 is 19.0 Å². The zero-order valence-corrected chi connectivity index (χ0v) is 16.0. The minimum absolute atomic E-state index is 0.206. The van der Waals surface area contributed by atoms with Crippen LogP contribution in [0.5, 0.6) is 17.2 Å². The van der Waals surface area contributed by atoms with Gasteiger partial charge in [0.05, 0.1) is 12.8 Å². The Morgan fingerprint density at radius 1 is 0.857 bits per heavy atom. The van der Waals surface area contributed by atoms with Gasteiger partial charge in [0.15, 0.2) is 0 Å². The molecule has 5 nitrogen and oxygen atoms in total. The van der Waals surface area contributed by atoms with E-state index >= 15 is 0 Å². The Labute approximate surface area is 164 Å². The zero-order valence-electron chi connectivity index (χ0n) is 16.0. The normalized spacial score (nSPS) is 10.2. The highest BCUT2D eigenvalue weighted by molar-refractivity contribution is 6.05. The molecule has 0 aliphatic carbocycles. The third kappa shape index (κ3) is 5.27. The maximum Gasteiger partial charge on any atom is 0.255 e. The Hall–Kier alpha value is -3.47. The van der Waals surface area contributed by atoms with Crippen molar-refractivity contribution in [1.29, 1.82) is 0 Å². The quantitative estimate of drug-likeness (QED) is 0.578. The van der Waals surface area contributed by atoms with E-state index in [1.54, 1.807) is 31.4 Å². The fourth-order valence-electron chi connectivity index (χ4n) is 2.65. The maximum absolute atomic E-state index is 12.5. The Kier molecular flexibility index (Phi) is 6.52. The zero-order chi connectivity index (χ0) is 19.8. The average Bonchev–Trinajstić information content (AvgIpc) is 2.72. The summed E-state index contributed by atoms with van der Waals surface area (Å²) < 4.78 is 16.5. The van der Waals surface area contributed by atoms with E-state index in [-0.39, 0.29) is 5.91 Å². The lowest BCUT2D eigenvalue weighted by Crippen LogP contribution is -2.13. The molecule has 0 unspecified atom stereocenters. The van der Waals surface area contributed by atoms with Crippen LogP contribution in [0.4, 0.5) is 5.69 Å². The number of carbonyl (C=O) groups excluding carboxylic acids is 1. The molecule has 0 aliphatic rings. The summed E-state index contributed by atoms with van der Waals surface area (Å²) in [5, 5.41) is 2.88. The summed E-state index contributed by atoms with van der Waals surface area (Å²) in [4.78, 5) is 12.5. The average molecular weight is 377 g/mol. The van der Waals surface area contributed by atoms with Crippen LogP contribution in [0.1, 0.15) is 15.9 Å². The molecule has 0 radical (unpaired) electrons. The first kappa shape index (κ1) is 19.3. The molecule has 0 aromatic heterocycles. The van der Waals surface area contributed by atoms with Gasteiger partial charge in [-0.2, -0.15) is 0 Å². The highest BCUT2D eigenvalue weighted by Crippen LogP contribution is 2.26. The number of benzene rings is 3. The molecular formula is C23H23NO4. The van der Waals surface area contributed by atoms with E-state index in [2.05, 4.69) is 5.32 Å². The molecule has 1 N–H and O–H groups in total. The first-order chi connectivity index (χ1) is 13.7. The van der Waals surface area contributed by atoms with Crippen LogP contribution in [0.3, 0.4) is 0 Å². The molecule has 0 saturated heterocycles. The van der Waals surface area contributed by atoms with Crippen molar-refractivity contribution in [3.63, 3.8) is 0 Å². The van der Waals surface area contributed by atoms with Gasteiger partial charge >= 0.3 is 0 Å². The minimum Gasteiger partial charge on any atom is -0.495 e. The first-order valence-electron chi connectivity index (χ1n) is 9.02. The molecule has 0 aliphatic heterocycles. The molecule has 0 saturated carbocycles. The van der Waals surface area contributed by atoms with Crippen molar-refractivity contribution in [2.45, 2.75) is 6.92 Å². The van der Waals surface area contributed by atoms with Crippen molar-refractivity contribution in [3.05, 3.63) is 83.9 Å². The van der Waals surface area contributed by atoms with Crippen molar-refractivity contribution in [3.8, 4) is 17.2 Å². The van der Waals surface area contributed by atoms with Crippen LogP contribution >= 0.6 is 0 Å². The SMILES string of the molecule is COc1ccc(C)cc1NC(=O)c1ccc(OCCOc2ccccc2)cc1. The Morgan fingerprint density at radius 2 is 1.50 bits per heavy atom. The Morgan fingerprint density at radius 3 is 2.14 bits per heavy atom. The molecule has 0 bridgehead atoms. The van der Waals surface area contributed by atoms with Crippen LogP contribution in [-0.4, -0.2) is 26.2 Å². The molecule has 0 fully saturated rings. The summed E-state index contributed by atoms with van der Waals surface area (Å²) >= 11 is 0. The summed E-state index contributed by atoms with van der Waals surface area (Å²) in [6, 6.07) is 22.2. The number of hydrogen-bond donors (Lipinski definition) is 1. The molecule has 5 heteroatoms. The largest absolute Gasteiger partial charge is 0.495 e. The molecule has 3 aromatic rings. The smallest absolute Gasteiger partial charge is 0.255 e. The minimum atomic E-state index is -0.206. The van der Waals surface area contributed by atoms with E-state index in [9.17, 15) is 4.79 Å². The number of hydrogen-bond acceptors (Lipinski definition) is 4. The fourth-order valence-corrected chi connectivity index (χ4v) is 2.65. The number of nitrogens with one attached hydrogen (secondary N) is 1. The van der Waals surface area contributed by atoms with E-state index in [0.29, 0.717) is 36.0 Å². The molecule has 3 rings (SSSR count). The number of amides is 1. The van der Waals surface area contributed by atoms with Gasteiger partial charge in [-0.05, 0) is 61.0 Å². The lowest BCUT2D eigenvalue weighted by atomic mass is 10.1. The third-order valence-corrected chi connectivity index (χ3v) is 4.08. The molecular weight excluding hydrogens is 354 g/mol. The lowest BCUT2D eigenvalue weighted by Gasteiger charge is -2.12. The molecule has 0 heterocycles. The van der Waals surface area contributed by atoms with Crippen LogP contribution in [0.2, 0.25) is 0 Å². The van der Waals surface area contributed by atoms with Gasteiger partial charge in [0.25, 0.3) is 5.91 Å². The highest BCUT2D eigenvalue weighted by Gasteiger charge is 2.10. The molecule has 1 amide bonds. The second-order valence-electron chi connectivity index (χ2n) is 6.19. The number of rotatable bonds is 8. The Bertz CT molecular complexity index is 908. The van der Waals surface area contributed by atoms with Gasteiger partial charge < -0.3 is 19.5 Å². The number of aryl methyl sites for hydroxylation is 1. The van der Waals surface area contributed by atoms with Gasteiger partial charge in [0, 0.05) is 5.56 Å². The van der Waals surface area contributed by atoms with Gasteiger partial charge in [-0.25, -0.2) is 0 Å². The number of ether oxygens (including phenoxy) is 3. The molecule has 28 heavy (non-hydrogen) atoms. The van der Waals surface area contributed by atoms with Crippen molar-refractivity contribution in [2.75, 3.05) is 25.6 Å².